The second-order valence-electron chi connectivity index (χ2n) is 0.540. The van der Waals surface area contributed by atoms with Crippen molar-refractivity contribution in [1.82, 2.24) is 0 Å². The van der Waals surface area contributed by atoms with Crippen LogP contribution in [0.1, 0.15) is 6.92 Å². The third-order valence-corrected chi connectivity index (χ3v) is 0.671. The maximum absolute atomic E-state index is 3.58. The Bertz CT molecular complexity index is 20.0. The molecular weight excluding hydrogens is 65.8 g/mol. The molecule has 0 amide bonds. The fourth-order valence-corrected chi connectivity index (χ4v) is 0. The fraction of sp³-hybridized carbons (Fsp3) is 1.00. The average molecular weight is 71.9 g/mol. The van der Waals surface area contributed by atoms with E-state index in [9.17, 15) is 0 Å². The normalized spacial score (nSPS) is 8.00. The van der Waals surface area contributed by atoms with Crippen molar-refractivity contribution < 1.29 is 0 Å². The topological polar surface area (TPSA) is 0 Å². The fourth-order valence-electron chi connectivity index (χ4n) is 0. The summed E-state index contributed by atoms with van der Waals surface area (Å²) in [6.45, 7) is 2.11. The molecule has 0 spiro atoms. The monoisotopic (exact) mass is 72.0 g/mol. The molecule has 0 fully saturated rings. The molecule has 22 valence electrons. The molecule has 0 rings (SSSR count). The zero-order valence-corrected chi connectivity index (χ0v) is 3.76. The Labute approximate surface area is 29.4 Å². The van der Waals surface area contributed by atoms with Crippen LogP contribution in [-0.2, 0) is 0 Å². The zero-order valence-electron chi connectivity index (χ0n) is 2.86. The van der Waals surface area contributed by atoms with Gasteiger partial charge >= 0.3 is 28.3 Å². The Kier molecular flexibility index (Phi) is 3.67. The molecule has 0 heterocycles. The first kappa shape index (κ1) is 4.36. The average Bonchev–Trinajstić information content (AvgIpc) is 1.37. The molecule has 0 saturated heterocycles. The Morgan fingerprint density at radius 2 is 2.25 bits per heavy atom. The molecule has 0 aliphatic carbocycles. The van der Waals surface area contributed by atoms with Crippen LogP contribution in [0.3, 0.4) is 0 Å². The summed E-state index contributed by atoms with van der Waals surface area (Å²) >= 11 is 0. The minimum atomic E-state index is 1.18. The molecule has 2 heteroatoms. The summed E-state index contributed by atoms with van der Waals surface area (Å²) in [6, 6.07) is 0. The van der Waals surface area contributed by atoms with E-state index >= 15 is 0 Å². The van der Waals surface area contributed by atoms with Gasteiger partial charge in [-0.3, -0.25) is 0 Å². The zero-order chi connectivity index (χ0) is 3.41. The summed E-state index contributed by atoms with van der Waals surface area (Å²) in [6.07, 6.45) is 1.18. The van der Waals surface area contributed by atoms with E-state index in [2.05, 4.69) is 14.1 Å². The maximum atomic E-state index is 3.58. The van der Waals surface area contributed by atoms with E-state index in [1.165, 1.54) is 14.2 Å². The van der Waals surface area contributed by atoms with Gasteiger partial charge in [-0.05, 0) is 0 Å². The minimum absolute atomic E-state index is 1.18. The first-order valence-corrected chi connectivity index (χ1v) is 2.60. The molecular formula is C2H6BP. The van der Waals surface area contributed by atoms with Gasteiger partial charge in [-0.2, -0.15) is 0 Å². The second-order valence-corrected chi connectivity index (χ2v) is 1.62. The van der Waals surface area contributed by atoms with E-state index in [1.54, 1.807) is 0 Å². The SMILES string of the molecule is B=PCC. The van der Waals surface area contributed by atoms with Gasteiger partial charge in [-0.25, -0.2) is 0 Å². The molecule has 0 atom stereocenters. The van der Waals surface area contributed by atoms with Crippen LogP contribution in [0.15, 0.2) is 0 Å². The van der Waals surface area contributed by atoms with Crippen LogP contribution in [0.25, 0.3) is 0 Å². The molecule has 0 saturated carbocycles. The van der Waals surface area contributed by atoms with Crippen LogP contribution >= 0.6 is 8.07 Å². The predicted octanol–water partition coefficient (Wildman–Crippen LogP) is 0.768. The summed E-state index contributed by atoms with van der Waals surface area (Å²) in [5.74, 6) is 0. The molecule has 0 aliphatic heterocycles. The third-order valence-electron chi connectivity index (χ3n) is 0.224. The molecule has 0 nitrogen and oxygen atoms in total. The van der Waals surface area contributed by atoms with Crippen molar-refractivity contribution in [2.45, 2.75) is 6.92 Å². The van der Waals surface area contributed by atoms with E-state index in [-0.39, 0.29) is 0 Å². The summed E-state index contributed by atoms with van der Waals surface area (Å²) in [7, 11) is 4.82. The van der Waals surface area contributed by atoms with Crippen molar-refractivity contribution in [2.75, 3.05) is 6.16 Å². The first-order chi connectivity index (χ1) is 1.91. The van der Waals surface area contributed by atoms with Crippen LogP contribution in [0.4, 0.5) is 0 Å². The Morgan fingerprint density at radius 1 is 2.00 bits per heavy atom. The van der Waals surface area contributed by atoms with E-state index in [1.807, 2.05) is 0 Å². The summed E-state index contributed by atoms with van der Waals surface area (Å²) in [4.78, 5) is 0. The first-order valence-electron chi connectivity index (χ1n) is 1.34. The van der Waals surface area contributed by atoms with Gasteiger partial charge in [-0.1, -0.05) is 0 Å². The Hall–Kier alpha value is 0.365. The number of hydrogen-bond acceptors (Lipinski definition) is 0. The Morgan fingerprint density at radius 3 is 2.25 bits per heavy atom. The van der Waals surface area contributed by atoms with Crippen molar-refractivity contribution in [3.8, 4) is 0 Å². The predicted molar refractivity (Wildman–Crippen MR) is 24.6 cm³/mol. The van der Waals surface area contributed by atoms with Gasteiger partial charge in [0.25, 0.3) is 0 Å². The van der Waals surface area contributed by atoms with Crippen LogP contribution in [0.2, 0.25) is 0 Å². The van der Waals surface area contributed by atoms with Crippen LogP contribution < -0.4 is 0 Å². The third kappa shape index (κ3) is 2.36. The van der Waals surface area contributed by atoms with Crippen molar-refractivity contribution in [2.24, 2.45) is 0 Å². The molecule has 4 heavy (non-hydrogen) atoms. The van der Waals surface area contributed by atoms with Gasteiger partial charge in [0.15, 0.2) is 0 Å². The van der Waals surface area contributed by atoms with E-state index in [0.29, 0.717) is 0 Å². The number of rotatable bonds is 1. The van der Waals surface area contributed by atoms with Gasteiger partial charge in [0, 0.05) is 0 Å². The molecule has 0 bridgehead atoms. The van der Waals surface area contributed by atoms with Gasteiger partial charge in [-0.15, -0.1) is 0 Å². The molecule has 0 aromatic carbocycles. The second kappa shape index (κ2) is 3.36. The molecule has 0 aromatic rings. The summed E-state index contributed by atoms with van der Waals surface area (Å²) in [5.41, 5.74) is 0. The van der Waals surface area contributed by atoms with Gasteiger partial charge < -0.3 is 0 Å². The molecule has 0 aliphatic rings. The molecule has 0 N–H and O–H groups in total. The van der Waals surface area contributed by atoms with Gasteiger partial charge in [0.1, 0.15) is 0 Å². The molecule has 0 radical (unpaired) electrons. The summed E-state index contributed by atoms with van der Waals surface area (Å²) in [5, 5.41) is 0. The summed E-state index contributed by atoms with van der Waals surface area (Å²) < 4.78 is 0. The van der Waals surface area contributed by atoms with E-state index in [4.69, 9.17) is 0 Å². The van der Waals surface area contributed by atoms with E-state index < -0.39 is 0 Å². The van der Waals surface area contributed by atoms with E-state index in [0.717, 1.165) is 0 Å². The quantitative estimate of drug-likeness (QED) is 0.317. The van der Waals surface area contributed by atoms with Crippen molar-refractivity contribution >= 4 is 15.3 Å². The Balaban J connectivity index is 2.30. The van der Waals surface area contributed by atoms with Gasteiger partial charge in [0.05, 0.1) is 0 Å². The molecule has 0 aromatic heterocycles. The molecule has 0 unspecified atom stereocenters. The van der Waals surface area contributed by atoms with Crippen LogP contribution in [-0.4, -0.2) is 13.3 Å². The van der Waals surface area contributed by atoms with Crippen molar-refractivity contribution in [3.05, 3.63) is 0 Å². The van der Waals surface area contributed by atoms with Gasteiger partial charge in [0.2, 0.25) is 0 Å². The van der Waals surface area contributed by atoms with Crippen LogP contribution in [0, 0.1) is 0 Å². The standard InChI is InChI=1S/C2H6BP/c1-2-4-3/h3H,2H2,1H3. The van der Waals surface area contributed by atoms with Crippen molar-refractivity contribution in [3.63, 3.8) is 0 Å². The number of hydrogen-bond donors (Lipinski definition) is 0. The van der Waals surface area contributed by atoms with Crippen molar-refractivity contribution in [1.29, 1.82) is 0 Å². The van der Waals surface area contributed by atoms with Crippen LogP contribution in [0.5, 0.6) is 0 Å².